The summed E-state index contributed by atoms with van der Waals surface area (Å²) in [5.41, 5.74) is 11.7. The fourth-order valence-electron chi connectivity index (χ4n) is 7.38. The van der Waals surface area contributed by atoms with Crippen LogP contribution in [-0.4, -0.2) is 8.07 Å². The van der Waals surface area contributed by atoms with Crippen LogP contribution >= 0.6 is 0 Å². The number of hydrogen-bond donors (Lipinski definition) is 0. The summed E-state index contributed by atoms with van der Waals surface area (Å²) < 4.78 is 0.711. The van der Waals surface area contributed by atoms with E-state index < -0.39 is 8.07 Å². The predicted octanol–water partition coefficient (Wildman–Crippen LogP) is 4.28. The third kappa shape index (κ3) is 4.59. The van der Waals surface area contributed by atoms with Gasteiger partial charge in [-0.2, -0.15) is 0 Å². The Hall–Kier alpha value is -2.48. The molecular formula is C37H31Cl2SiZr. The standard InChI is InChI=1S/C28H24Si.C9H7.2ClH.Zr/c1-17-21-13-5-9-19-11-7-15-23(25(19)21)27(17)29(3,4)28-18(2)22-14-6-10-20-12-8-16-24(28)26(20)22;1-2-5-9-7-3-6-8(9)4-1;;;/h5-16H,1-4H3;1-7H;2*1H;/q;;;;+2/p-2. The molecule has 0 aliphatic heterocycles. The predicted molar refractivity (Wildman–Crippen MR) is 169 cm³/mol. The molecule has 8 rings (SSSR count). The molecule has 0 heterocycles. The molecule has 0 aromatic heterocycles. The summed E-state index contributed by atoms with van der Waals surface area (Å²) in [6.07, 6.45) is 4.50. The minimum absolute atomic E-state index is 0. The van der Waals surface area contributed by atoms with E-state index in [1.165, 1.54) is 66.1 Å². The summed E-state index contributed by atoms with van der Waals surface area (Å²) >= 11 is 1.59. The number of benzene rings is 5. The zero-order valence-corrected chi connectivity index (χ0v) is 28.7. The molecule has 0 nitrogen and oxygen atoms in total. The first kappa shape index (κ1) is 30.0. The van der Waals surface area contributed by atoms with Gasteiger partial charge in [0.25, 0.3) is 0 Å². The van der Waals surface area contributed by atoms with Gasteiger partial charge in [-0.25, -0.2) is 0 Å². The molecule has 0 bridgehead atoms. The molecule has 3 aliphatic carbocycles. The van der Waals surface area contributed by atoms with Crippen molar-refractivity contribution in [2.75, 3.05) is 0 Å². The topological polar surface area (TPSA) is 0 Å². The Kier molecular flexibility index (Phi) is 8.27. The van der Waals surface area contributed by atoms with Crippen LogP contribution in [-0.2, 0) is 24.7 Å². The Bertz CT molecular complexity index is 1810. The number of halogens is 2. The number of rotatable bonds is 2. The number of hydrogen-bond acceptors (Lipinski definition) is 0. The van der Waals surface area contributed by atoms with Gasteiger partial charge in [-0.1, -0.05) is 85.9 Å². The first-order valence-corrected chi connectivity index (χ1v) is 18.3. The van der Waals surface area contributed by atoms with Crippen molar-refractivity contribution in [1.29, 1.82) is 0 Å². The van der Waals surface area contributed by atoms with E-state index in [0.717, 1.165) is 0 Å². The Balaban J connectivity index is 0.000000239. The first-order chi connectivity index (χ1) is 18.9. The van der Waals surface area contributed by atoms with E-state index in [-0.39, 0.29) is 24.8 Å². The summed E-state index contributed by atoms with van der Waals surface area (Å²) in [6.45, 7) is 9.80. The molecule has 3 aliphatic rings. The third-order valence-electron chi connectivity index (χ3n) is 8.96. The molecule has 0 saturated heterocycles. The Labute approximate surface area is 271 Å². The van der Waals surface area contributed by atoms with E-state index in [2.05, 4.69) is 136 Å². The van der Waals surface area contributed by atoms with Gasteiger partial charge in [-0.3, -0.25) is 0 Å². The van der Waals surface area contributed by atoms with Crippen molar-refractivity contribution in [3.8, 4) is 0 Å². The van der Waals surface area contributed by atoms with Gasteiger partial charge in [0.2, 0.25) is 0 Å². The third-order valence-corrected chi connectivity index (χ3v) is 14.0. The minimum atomic E-state index is -1.95. The van der Waals surface area contributed by atoms with Crippen LogP contribution in [0, 0.1) is 0 Å². The van der Waals surface area contributed by atoms with Crippen LogP contribution in [0.25, 0.3) is 49.2 Å². The fourth-order valence-corrected chi connectivity index (χ4v) is 12.4. The number of allylic oxidation sites excluding steroid dienone is 3. The molecule has 1 unspecified atom stereocenters. The van der Waals surface area contributed by atoms with Gasteiger partial charge in [0.05, 0.1) is 0 Å². The molecular weight excluding hydrogens is 635 g/mol. The molecule has 0 spiro atoms. The van der Waals surface area contributed by atoms with Crippen molar-refractivity contribution < 1.29 is 49.5 Å². The summed E-state index contributed by atoms with van der Waals surface area (Å²) in [6, 6.07) is 35.8. The molecule has 0 radical (unpaired) electrons. The van der Waals surface area contributed by atoms with E-state index in [4.69, 9.17) is 0 Å². The Morgan fingerprint density at radius 2 is 1.00 bits per heavy atom. The van der Waals surface area contributed by atoms with Crippen molar-refractivity contribution in [1.82, 2.24) is 0 Å². The van der Waals surface area contributed by atoms with Gasteiger partial charge in [-0.05, 0) is 79.2 Å². The average molecular weight is 666 g/mol. The second-order valence-corrected chi connectivity index (χ2v) is 17.3. The van der Waals surface area contributed by atoms with Crippen molar-refractivity contribution in [2.45, 2.75) is 30.6 Å². The van der Waals surface area contributed by atoms with Gasteiger partial charge >= 0.3 is 75.9 Å². The normalized spacial score (nSPS) is 16.0. The average Bonchev–Trinajstić information content (AvgIpc) is 3.57. The monoisotopic (exact) mass is 663 g/mol. The number of fused-ring (bicyclic) bond motifs is 1. The first-order valence-electron chi connectivity index (χ1n) is 13.8. The van der Waals surface area contributed by atoms with E-state index in [1.54, 1.807) is 35.1 Å². The van der Waals surface area contributed by atoms with E-state index in [9.17, 15) is 0 Å². The van der Waals surface area contributed by atoms with Crippen LogP contribution in [0.15, 0.2) is 103 Å². The molecule has 41 heavy (non-hydrogen) atoms. The van der Waals surface area contributed by atoms with Crippen molar-refractivity contribution >= 4 is 57.2 Å². The molecule has 5 aromatic rings. The fraction of sp³-hybridized carbons (Fsp3) is 0.135. The summed E-state index contributed by atoms with van der Waals surface area (Å²) in [7, 11) is -1.95. The van der Waals surface area contributed by atoms with E-state index in [0.29, 0.717) is 3.63 Å². The second kappa shape index (κ2) is 11.3. The van der Waals surface area contributed by atoms with Crippen LogP contribution in [0.2, 0.25) is 13.1 Å². The molecule has 0 N–H and O–H groups in total. The van der Waals surface area contributed by atoms with Crippen LogP contribution in [0.4, 0.5) is 0 Å². The van der Waals surface area contributed by atoms with Crippen LogP contribution in [0.3, 0.4) is 0 Å². The van der Waals surface area contributed by atoms with Crippen LogP contribution < -0.4 is 24.8 Å². The van der Waals surface area contributed by atoms with Crippen LogP contribution in [0.5, 0.6) is 0 Å². The quantitative estimate of drug-likeness (QED) is 0.247. The van der Waals surface area contributed by atoms with Crippen LogP contribution in [0.1, 0.15) is 50.9 Å². The van der Waals surface area contributed by atoms with Crippen molar-refractivity contribution in [3.05, 3.63) is 137 Å². The Morgan fingerprint density at radius 1 is 0.561 bits per heavy atom. The molecule has 0 fully saturated rings. The van der Waals surface area contributed by atoms with Gasteiger partial charge in [-0.15, -0.1) is 0 Å². The Morgan fingerprint density at radius 3 is 1.46 bits per heavy atom. The summed E-state index contributed by atoms with van der Waals surface area (Å²) in [5, 5.41) is 8.86. The van der Waals surface area contributed by atoms with E-state index >= 15 is 0 Å². The van der Waals surface area contributed by atoms with Gasteiger partial charge in [0.1, 0.15) is 8.07 Å². The summed E-state index contributed by atoms with van der Waals surface area (Å²) in [5.74, 6) is 0. The molecule has 4 heteroatoms. The maximum absolute atomic E-state index is 2.56. The van der Waals surface area contributed by atoms with E-state index in [1.807, 2.05) is 0 Å². The van der Waals surface area contributed by atoms with Gasteiger partial charge < -0.3 is 24.8 Å². The van der Waals surface area contributed by atoms with Gasteiger partial charge in [0.15, 0.2) is 0 Å². The molecule has 0 saturated carbocycles. The van der Waals surface area contributed by atoms with Crippen molar-refractivity contribution in [2.24, 2.45) is 0 Å². The molecule has 1 atom stereocenters. The van der Waals surface area contributed by atoms with Crippen molar-refractivity contribution in [3.63, 3.8) is 0 Å². The molecule has 201 valence electrons. The molecule has 5 aromatic carbocycles. The maximum atomic E-state index is 2.56. The molecule has 0 amide bonds. The van der Waals surface area contributed by atoms with Gasteiger partial charge in [0, 0.05) is 0 Å². The zero-order chi connectivity index (χ0) is 26.9. The summed E-state index contributed by atoms with van der Waals surface area (Å²) in [4.78, 5) is 0. The SMILES string of the molecule is CC1=C([Si](C)(C)C2=C(C)c3cccc4cccc2c34)c2cccc3cccc1c23.[Cl-].[Cl-].[Zr+2][CH]1C=Cc2ccccc21. The second-order valence-electron chi connectivity index (χ2n) is 11.5. The zero-order valence-electron chi connectivity index (χ0n) is 23.7.